The second-order valence-electron chi connectivity index (χ2n) is 5.48. The Hall–Kier alpha value is -2.04. The van der Waals surface area contributed by atoms with Gasteiger partial charge in [0.2, 0.25) is 0 Å². The first-order chi connectivity index (χ1) is 8.47. The standard InChI is InChI=1S/C13H15N3O2/c1-13(2)6-9(13)11-15-12(18-16-11)8-4-3-7(14)5-10(8)17/h3-5,9,17H,6,14H2,1-2H3. The van der Waals surface area contributed by atoms with E-state index in [9.17, 15) is 5.11 Å². The van der Waals surface area contributed by atoms with Crippen molar-refractivity contribution < 1.29 is 9.63 Å². The lowest BCUT2D eigenvalue weighted by atomic mass is 10.1. The average molecular weight is 245 g/mol. The molecular formula is C13H15N3O2. The van der Waals surface area contributed by atoms with Crippen molar-refractivity contribution in [2.75, 3.05) is 5.73 Å². The largest absolute Gasteiger partial charge is 0.507 e. The molecule has 1 atom stereocenters. The summed E-state index contributed by atoms with van der Waals surface area (Å²) in [5.74, 6) is 1.46. The van der Waals surface area contributed by atoms with Crippen LogP contribution in [0.1, 0.15) is 32.0 Å². The molecule has 0 bridgehead atoms. The third-order valence-corrected chi connectivity index (χ3v) is 3.52. The zero-order valence-electron chi connectivity index (χ0n) is 10.3. The van der Waals surface area contributed by atoms with E-state index in [1.165, 1.54) is 6.07 Å². The third kappa shape index (κ3) is 1.72. The van der Waals surface area contributed by atoms with Gasteiger partial charge >= 0.3 is 0 Å². The molecule has 1 saturated carbocycles. The lowest BCUT2D eigenvalue weighted by molar-refractivity contribution is 0.414. The number of anilines is 1. The number of nitrogen functional groups attached to an aromatic ring is 1. The highest BCUT2D eigenvalue weighted by Gasteiger charge is 2.49. The third-order valence-electron chi connectivity index (χ3n) is 3.52. The fourth-order valence-corrected chi connectivity index (χ4v) is 2.12. The maximum atomic E-state index is 9.80. The van der Waals surface area contributed by atoms with Gasteiger partial charge in [-0.15, -0.1) is 0 Å². The molecule has 0 saturated heterocycles. The molecule has 1 heterocycles. The van der Waals surface area contributed by atoms with E-state index in [2.05, 4.69) is 24.0 Å². The molecule has 0 amide bonds. The molecule has 0 aliphatic heterocycles. The van der Waals surface area contributed by atoms with Crippen LogP contribution >= 0.6 is 0 Å². The Morgan fingerprint density at radius 2 is 2.17 bits per heavy atom. The number of phenols is 1. The summed E-state index contributed by atoms with van der Waals surface area (Å²) in [6.07, 6.45) is 1.07. The van der Waals surface area contributed by atoms with Crippen LogP contribution in [0.5, 0.6) is 5.75 Å². The van der Waals surface area contributed by atoms with Crippen molar-refractivity contribution in [3.05, 3.63) is 24.0 Å². The van der Waals surface area contributed by atoms with Crippen LogP contribution in [-0.4, -0.2) is 15.2 Å². The molecule has 5 nitrogen and oxygen atoms in total. The molecule has 1 fully saturated rings. The normalized spacial score (nSPS) is 20.9. The highest BCUT2D eigenvalue weighted by atomic mass is 16.5. The van der Waals surface area contributed by atoms with E-state index in [0.29, 0.717) is 28.9 Å². The first kappa shape index (κ1) is 11.1. The number of nitrogens with zero attached hydrogens (tertiary/aromatic N) is 2. The van der Waals surface area contributed by atoms with E-state index in [1.54, 1.807) is 12.1 Å². The molecule has 1 aliphatic rings. The molecule has 3 N–H and O–H groups in total. The topological polar surface area (TPSA) is 85.2 Å². The number of rotatable bonds is 2. The smallest absolute Gasteiger partial charge is 0.261 e. The lowest BCUT2D eigenvalue weighted by Crippen LogP contribution is -1.92. The molecule has 18 heavy (non-hydrogen) atoms. The number of hydrogen-bond donors (Lipinski definition) is 2. The number of phenolic OH excluding ortho intramolecular Hbond substituents is 1. The quantitative estimate of drug-likeness (QED) is 0.794. The van der Waals surface area contributed by atoms with Crippen molar-refractivity contribution in [3.8, 4) is 17.2 Å². The molecule has 3 rings (SSSR count). The van der Waals surface area contributed by atoms with Crippen LogP contribution in [0.4, 0.5) is 5.69 Å². The van der Waals surface area contributed by atoms with Gasteiger partial charge in [-0.1, -0.05) is 19.0 Å². The Kier molecular flexibility index (Phi) is 2.14. The van der Waals surface area contributed by atoms with E-state index in [0.717, 1.165) is 6.42 Å². The van der Waals surface area contributed by atoms with Gasteiger partial charge in [-0.05, 0) is 24.0 Å². The van der Waals surface area contributed by atoms with E-state index < -0.39 is 0 Å². The van der Waals surface area contributed by atoms with Crippen LogP contribution in [0.3, 0.4) is 0 Å². The van der Waals surface area contributed by atoms with Gasteiger partial charge < -0.3 is 15.4 Å². The van der Waals surface area contributed by atoms with E-state index >= 15 is 0 Å². The fraction of sp³-hybridized carbons (Fsp3) is 0.385. The van der Waals surface area contributed by atoms with Crippen molar-refractivity contribution >= 4 is 5.69 Å². The fourth-order valence-electron chi connectivity index (χ4n) is 2.12. The summed E-state index contributed by atoms with van der Waals surface area (Å²) in [6, 6.07) is 4.85. The minimum atomic E-state index is 0.0558. The monoisotopic (exact) mass is 245 g/mol. The summed E-state index contributed by atoms with van der Waals surface area (Å²) in [5, 5.41) is 13.8. The van der Waals surface area contributed by atoms with Gasteiger partial charge in [0.1, 0.15) is 5.75 Å². The molecule has 1 unspecified atom stereocenters. The summed E-state index contributed by atoms with van der Waals surface area (Å²) in [7, 11) is 0. The van der Waals surface area contributed by atoms with E-state index in [-0.39, 0.29) is 11.2 Å². The zero-order chi connectivity index (χ0) is 12.9. The van der Waals surface area contributed by atoms with Gasteiger partial charge in [0.05, 0.1) is 5.56 Å². The minimum absolute atomic E-state index is 0.0558. The Morgan fingerprint density at radius 3 is 2.78 bits per heavy atom. The van der Waals surface area contributed by atoms with Crippen LogP contribution in [0.2, 0.25) is 0 Å². The van der Waals surface area contributed by atoms with Gasteiger partial charge in [0, 0.05) is 17.7 Å². The highest BCUT2D eigenvalue weighted by molar-refractivity contribution is 5.66. The van der Waals surface area contributed by atoms with Crippen LogP contribution in [0.15, 0.2) is 22.7 Å². The summed E-state index contributed by atoms with van der Waals surface area (Å²) < 4.78 is 5.20. The van der Waals surface area contributed by atoms with Crippen molar-refractivity contribution in [3.63, 3.8) is 0 Å². The Labute approximate surface area is 105 Å². The Morgan fingerprint density at radius 1 is 1.44 bits per heavy atom. The van der Waals surface area contributed by atoms with Gasteiger partial charge in [0.15, 0.2) is 5.82 Å². The molecule has 1 aliphatic carbocycles. The lowest BCUT2D eigenvalue weighted by Gasteiger charge is -2.00. The van der Waals surface area contributed by atoms with Crippen molar-refractivity contribution in [2.45, 2.75) is 26.2 Å². The second-order valence-corrected chi connectivity index (χ2v) is 5.48. The highest BCUT2D eigenvalue weighted by Crippen LogP contribution is 2.57. The van der Waals surface area contributed by atoms with Crippen molar-refractivity contribution in [1.29, 1.82) is 0 Å². The van der Waals surface area contributed by atoms with Crippen LogP contribution < -0.4 is 5.73 Å². The van der Waals surface area contributed by atoms with Crippen LogP contribution in [0.25, 0.3) is 11.5 Å². The molecular weight excluding hydrogens is 230 g/mol. The molecule has 0 spiro atoms. The summed E-state index contributed by atoms with van der Waals surface area (Å²) >= 11 is 0. The molecule has 0 radical (unpaired) electrons. The zero-order valence-corrected chi connectivity index (χ0v) is 10.3. The van der Waals surface area contributed by atoms with Crippen molar-refractivity contribution in [1.82, 2.24) is 10.1 Å². The number of nitrogens with two attached hydrogens (primary N) is 1. The molecule has 94 valence electrons. The average Bonchev–Trinajstić information content (AvgIpc) is 2.74. The molecule has 1 aromatic heterocycles. The first-order valence-electron chi connectivity index (χ1n) is 5.90. The van der Waals surface area contributed by atoms with Crippen LogP contribution in [-0.2, 0) is 0 Å². The number of benzene rings is 1. The Balaban J connectivity index is 1.94. The number of aromatic hydroxyl groups is 1. The van der Waals surface area contributed by atoms with Crippen LogP contribution in [0, 0.1) is 5.41 Å². The SMILES string of the molecule is CC1(C)CC1c1noc(-c2ccc(N)cc2O)n1. The first-order valence-corrected chi connectivity index (χ1v) is 5.90. The van der Waals surface area contributed by atoms with Gasteiger partial charge in [0.25, 0.3) is 5.89 Å². The maximum absolute atomic E-state index is 9.80. The van der Waals surface area contributed by atoms with Gasteiger partial charge in [-0.25, -0.2) is 0 Å². The maximum Gasteiger partial charge on any atom is 0.261 e. The predicted octanol–water partition coefficient (Wildman–Crippen LogP) is 2.54. The van der Waals surface area contributed by atoms with E-state index in [4.69, 9.17) is 10.3 Å². The molecule has 2 aromatic rings. The van der Waals surface area contributed by atoms with Gasteiger partial charge in [-0.2, -0.15) is 4.98 Å². The van der Waals surface area contributed by atoms with Gasteiger partial charge in [-0.3, -0.25) is 0 Å². The van der Waals surface area contributed by atoms with E-state index in [1.807, 2.05) is 0 Å². The molecule has 1 aromatic carbocycles. The van der Waals surface area contributed by atoms with Crippen molar-refractivity contribution in [2.24, 2.45) is 5.41 Å². The molecule has 5 heteroatoms. The minimum Gasteiger partial charge on any atom is -0.507 e. The number of hydrogen-bond acceptors (Lipinski definition) is 5. The predicted molar refractivity (Wildman–Crippen MR) is 67.0 cm³/mol. The summed E-state index contributed by atoms with van der Waals surface area (Å²) in [6.45, 7) is 4.35. The Bertz CT molecular complexity index is 604. The summed E-state index contributed by atoms with van der Waals surface area (Å²) in [5.41, 5.74) is 6.85. The number of aromatic nitrogens is 2. The second kappa shape index (κ2) is 3.48. The summed E-state index contributed by atoms with van der Waals surface area (Å²) in [4.78, 5) is 4.35.